The van der Waals surface area contributed by atoms with Crippen molar-refractivity contribution in [3.63, 3.8) is 0 Å². The summed E-state index contributed by atoms with van der Waals surface area (Å²) in [7, 11) is 0. The van der Waals surface area contributed by atoms with Crippen LogP contribution in [0.1, 0.15) is 20.3 Å². The highest BCUT2D eigenvalue weighted by atomic mass is 35.5. The Balaban J connectivity index is 2.71. The zero-order valence-electron chi connectivity index (χ0n) is 11.3. The topological polar surface area (TPSA) is 75.3 Å². The first kappa shape index (κ1) is 17.4. The molecule has 1 aromatic rings. The maximum atomic E-state index is 12.1. The fourth-order valence-electron chi connectivity index (χ4n) is 1.61. The van der Waals surface area contributed by atoms with Crippen LogP contribution in [0.4, 0.5) is 11.4 Å². The average molecular weight is 337 g/mol. The third kappa shape index (κ3) is 5.05. The lowest BCUT2D eigenvalue weighted by atomic mass is 10.2. The Morgan fingerprint density at radius 3 is 2.65 bits per heavy atom. The summed E-state index contributed by atoms with van der Waals surface area (Å²) in [5.74, 6) is -0.185. The number of aliphatic hydroxyl groups is 1. The molecule has 2 unspecified atom stereocenters. The van der Waals surface area contributed by atoms with Gasteiger partial charge in [0.1, 0.15) is 0 Å². The number of halogens is 2. The van der Waals surface area contributed by atoms with Crippen molar-refractivity contribution in [2.45, 2.75) is 30.8 Å². The average Bonchev–Trinajstić information content (AvgIpc) is 2.33. The van der Waals surface area contributed by atoms with Crippen LogP contribution >= 0.6 is 35.0 Å². The number of nitrogen functional groups attached to an aromatic ring is 1. The molecule has 0 aromatic heterocycles. The summed E-state index contributed by atoms with van der Waals surface area (Å²) in [6.45, 7) is 3.88. The van der Waals surface area contributed by atoms with Crippen molar-refractivity contribution in [2.75, 3.05) is 17.7 Å². The van der Waals surface area contributed by atoms with Gasteiger partial charge in [-0.15, -0.1) is 11.8 Å². The third-order valence-electron chi connectivity index (χ3n) is 2.67. The zero-order chi connectivity index (χ0) is 15.3. The lowest BCUT2D eigenvalue weighted by molar-refractivity contribution is -0.115. The molecule has 112 valence electrons. The fourth-order valence-corrected chi connectivity index (χ4v) is 3.29. The van der Waals surface area contributed by atoms with Crippen LogP contribution in [-0.4, -0.2) is 28.1 Å². The molecule has 1 amide bonds. The molecule has 0 bridgehead atoms. The third-order valence-corrected chi connectivity index (χ3v) is 4.51. The monoisotopic (exact) mass is 336 g/mol. The molecule has 4 N–H and O–H groups in total. The minimum absolute atomic E-state index is 0.110. The Labute approximate surface area is 133 Å². The molecule has 0 heterocycles. The number of nitrogens with one attached hydrogen (secondary N) is 1. The minimum Gasteiger partial charge on any atom is -0.397 e. The number of aliphatic hydroxyl groups excluding tert-OH is 1. The summed E-state index contributed by atoms with van der Waals surface area (Å²) in [5, 5.41) is 12.2. The molecule has 0 spiro atoms. The Bertz CT molecular complexity index is 462. The molecule has 0 radical (unpaired) electrons. The van der Waals surface area contributed by atoms with E-state index < -0.39 is 0 Å². The van der Waals surface area contributed by atoms with E-state index in [4.69, 9.17) is 34.0 Å². The summed E-state index contributed by atoms with van der Waals surface area (Å²) in [6, 6.07) is 3.07. The molecule has 4 nitrogen and oxygen atoms in total. The van der Waals surface area contributed by atoms with Gasteiger partial charge < -0.3 is 16.2 Å². The molecular formula is C13H18Cl2N2O2S. The lowest BCUT2D eigenvalue weighted by Gasteiger charge is -2.17. The quantitative estimate of drug-likeness (QED) is 0.696. The van der Waals surface area contributed by atoms with E-state index in [0.29, 0.717) is 27.8 Å². The van der Waals surface area contributed by atoms with E-state index in [9.17, 15) is 4.79 Å². The lowest BCUT2D eigenvalue weighted by Crippen LogP contribution is -2.25. The van der Waals surface area contributed by atoms with Crippen molar-refractivity contribution in [3.05, 3.63) is 22.2 Å². The molecule has 0 aliphatic heterocycles. The first-order valence-electron chi connectivity index (χ1n) is 6.16. The van der Waals surface area contributed by atoms with E-state index in [1.165, 1.54) is 23.9 Å². The van der Waals surface area contributed by atoms with Gasteiger partial charge in [-0.25, -0.2) is 0 Å². The van der Waals surface area contributed by atoms with Gasteiger partial charge in [-0.2, -0.15) is 0 Å². The zero-order valence-corrected chi connectivity index (χ0v) is 13.6. The Morgan fingerprint density at radius 1 is 1.45 bits per heavy atom. The van der Waals surface area contributed by atoms with Crippen LogP contribution < -0.4 is 11.1 Å². The van der Waals surface area contributed by atoms with Crippen molar-refractivity contribution in [2.24, 2.45) is 0 Å². The van der Waals surface area contributed by atoms with Gasteiger partial charge in [0, 0.05) is 16.9 Å². The molecule has 0 aliphatic carbocycles. The number of carbonyl (C=O) groups excluding carboxylic acids is 1. The molecule has 0 aliphatic rings. The van der Waals surface area contributed by atoms with Gasteiger partial charge in [0.05, 0.1) is 21.6 Å². The van der Waals surface area contributed by atoms with Gasteiger partial charge >= 0.3 is 0 Å². The van der Waals surface area contributed by atoms with E-state index in [2.05, 4.69) is 5.32 Å². The van der Waals surface area contributed by atoms with Gasteiger partial charge in [0.15, 0.2) is 0 Å². The Kier molecular flexibility index (Phi) is 6.95. The fraction of sp³-hybridized carbons (Fsp3) is 0.462. The highest BCUT2D eigenvalue weighted by molar-refractivity contribution is 8.01. The van der Waals surface area contributed by atoms with Crippen molar-refractivity contribution in [1.29, 1.82) is 0 Å². The van der Waals surface area contributed by atoms with Crippen molar-refractivity contribution in [3.8, 4) is 0 Å². The summed E-state index contributed by atoms with van der Waals surface area (Å²) in [5.41, 5.74) is 6.50. The van der Waals surface area contributed by atoms with Crippen molar-refractivity contribution in [1.82, 2.24) is 0 Å². The predicted octanol–water partition coefficient (Wildman–Crippen LogP) is 3.41. The van der Waals surface area contributed by atoms with Gasteiger partial charge in [-0.1, -0.05) is 30.1 Å². The minimum atomic E-state index is -0.275. The van der Waals surface area contributed by atoms with E-state index in [1.807, 2.05) is 6.92 Å². The molecule has 20 heavy (non-hydrogen) atoms. The van der Waals surface area contributed by atoms with Crippen LogP contribution in [0.3, 0.4) is 0 Å². The second-order valence-electron chi connectivity index (χ2n) is 4.44. The van der Waals surface area contributed by atoms with E-state index >= 15 is 0 Å². The van der Waals surface area contributed by atoms with Crippen molar-refractivity contribution < 1.29 is 9.90 Å². The molecule has 0 saturated heterocycles. The number of carbonyl (C=O) groups is 1. The molecule has 7 heteroatoms. The van der Waals surface area contributed by atoms with Gasteiger partial charge in [-0.05, 0) is 25.5 Å². The van der Waals surface area contributed by atoms with Crippen LogP contribution in [-0.2, 0) is 4.79 Å². The van der Waals surface area contributed by atoms with Crippen molar-refractivity contribution >= 4 is 52.2 Å². The summed E-state index contributed by atoms with van der Waals surface area (Å²) in [6.07, 6.45) is 0.645. The molecule has 0 saturated carbocycles. The second-order valence-corrected chi connectivity index (χ2v) is 7.07. The number of rotatable bonds is 6. The number of anilines is 2. The smallest absolute Gasteiger partial charge is 0.237 e. The molecular weight excluding hydrogens is 319 g/mol. The number of nitrogens with two attached hydrogens (primary N) is 1. The Morgan fingerprint density at radius 2 is 2.10 bits per heavy atom. The van der Waals surface area contributed by atoms with Crippen LogP contribution in [0.2, 0.25) is 10.0 Å². The number of benzene rings is 1. The highest BCUT2D eigenvalue weighted by Gasteiger charge is 2.19. The number of amides is 1. The Hall–Kier alpha value is -0.620. The molecule has 2 atom stereocenters. The first-order valence-corrected chi connectivity index (χ1v) is 7.86. The SMILES string of the molecule is CC(CCO)SC(C)C(=O)Nc1c(N)cc(Cl)cc1Cl. The number of thioether (sulfide) groups is 1. The van der Waals surface area contributed by atoms with Crippen LogP contribution in [0.5, 0.6) is 0 Å². The molecule has 1 rings (SSSR count). The van der Waals surface area contributed by atoms with Gasteiger partial charge in [-0.3, -0.25) is 4.79 Å². The number of hydrogen-bond donors (Lipinski definition) is 3. The highest BCUT2D eigenvalue weighted by Crippen LogP contribution is 2.32. The van der Waals surface area contributed by atoms with E-state index in [-0.39, 0.29) is 23.0 Å². The number of hydrogen-bond acceptors (Lipinski definition) is 4. The van der Waals surface area contributed by atoms with Crippen LogP contribution in [0.15, 0.2) is 12.1 Å². The largest absolute Gasteiger partial charge is 0.397 e. The van der Waals surface area contributed by atoms with Crippen LogP contribution in [0.25, 0.3) is 0 Å². The summed E-state index contributed by atoms with van der Waals surface area (Å²) in [4.78, 5) is 12.1. The maximum Gasteiger partial charge on any atom is 0.237 e. The predicted molar refractivity (Wildman–Crippen MR) is 87.7 cm³/mol. The second kappa shape index (κ2) is 7.98. The summed E-state index contributed by atoms with van der Waals surface area (Å²) >= 11 is 13.3. The standard InChI is InChI=1S/C13H18Cl2N2O2S/c1-7(3-4-18)20-8(2)13(19)17-12-10(15)5-9(14)6-11(12)16/h5-8,18H,3-4,16H2,1-2H3,(H,17,19). The molecule has 0 fully saturated rings. The van der Waals surface area contributed by atoms with E-state index in [1.54, 1.807) is 6.92 Å². The summed E-state index contributed by atoms with van der Waals surface area (Å²) < 4.78 is 0. The maximum absolute atomic E-state index is 12.1. The van der Waals surface area contributed by atoms with E-state index in [0.717, 1.165) is 0 Å². The normalized spacial score (nSPS) is 13.8. The van der Waals surface area contributed by atoms with Gasteiger partial charge in [0.25, 0.3) is 0 Å². The van der Waals surface area contributed by atoms with Crippen LogP contribution in [0, 0.1) is 0 Å². The first-order chi connectivity index (χ1) is 9.35. The van der Waals surface area contributed by atoms with Gasteiger partial charge in [0.2, 0.25) is 5.91 Å². The molecule has 1 aromatic carbocycles.